The summed E-state index contributed by atoms with van der Waals surface area (Å²) in [4.78, 5) is 73.1. The zero-order valence-corrected chi connectivity index (χ0v) is 70.7. The molecule has 0 heterocycles. The number of carbonyl (C=O) groups is 4. The quantitative estimate of drug-likeness (QED) is 0.0222. The van der Waals surface area contributed by atoms with Crippen molar-refractivity contribution in [3.63, 3.8) is 0 Å². The van der Waals surface area contributed by atoms with Crippen LogP contribution in [0, 0.1) is 5.92 Å². The summed E-state index contributed by atoms with van der Waals surface area (Å²) in [6.07, 6.45) is 72.2. The highest BCUT2D eigenvalue weighted by Gasteiger charge is 2.30. The molecule has 0 saturated heterocycles. The highest BCUT2D eigenvalue weighted by atomic mass is 31.2. The van der Waals surface area contributed by atoms with Crippen molar-refractivity contribution in [3.8, 4) is 0 Å². The fourth-order valence-corrected chi connectivity index (χ4v) is 15.0. The van der Waals surface area contributed by atoms with E-state index in [0.29, 0.717) is 25.7 Å². The highest BCUT2D eigenvalue weighted by Crippen LogP contribution is 2.45. The fraction of sp³-hybridized carbons (Fsp3) is 0.953. The molecule has 6 atom stereocenters. The Bertz CT molecular complexity index is 2000. The third kappa shape index (κ3) is 78.5. The third-order valence-corrected chi connectivity index (χ3v) is 22.5. The van der Waals surface area contributed by atoms with E-state index in [9.17, 15) is 43.2 Å². The van der Waals surface area contributed by atoms with Crippen LogP contribution in [-0.4, -0.2) is 96.7 Å². The summed E-state index contributed by atoms with van der Waals surface area (Å²) in [5.41, 5.74) is 0. The van der Waals surface area contributed by atoms with E-state index in [1.54, 1.807) is 0 Å². The van der Waals surface area contributed by atoms with Crippen LogP contribution in [0.4, 0.5) is 0 Å². The Balaban J connectivity index is 5.20. The minimum atomic E-state index is -4.96. The number of esters is 4. The predicted octanol–water partition coefficient (Wildman–Crippen LogP) is 26.4. The second-order valence-electron chi connectivity index (χ2n) is 31.2. The van der Waals surface area contributed by atoms with Gasteiger partial charge in [0.25, 0.3) is 0 Å². The summed E-state index contributed by atoms with van der Waals surface area (Å²) in [6, 6.07) is 0. The van der Waals surface area contributed by atoms with Crippen molar-refractivity contribution in [1.29, 1.82) is 0 Å². The van der Waals surface area contributed by atoms with Crippen molar-refractivity contribution in [1.82, 2.24) is 0 Å². The van der Waals surface area contributed by atoms with Crippen molar-refractivity contribution >= 4 is 39.5 Å². The number of phosphoric ester groups is 2. The first kappa shape index (κ1) is 103. The minimum absolute atomic E-state index is 0.109. The van der Waals surface area contributed by atoms with E-state index >= 15 is 0 Å². The van der Waals surface area contributed by atoms with Crippen molar-refractivity contribution < 1.29 is 80.2 Å². The maximum atomic E-state index is 13.1. The molecule has 624 valence electrons. The normalized spacial score (nSPS) is 14.0. The molecule has 0 aliphatic rings. The number of rotatable bonds is 86. The molecule has 0 aromatic rings. The molecule has 105 heavy (non-hydrogen) atoms. The van der Waals surface area contributed by atoms with Gasteiger partial charge in [0.05, 0.1) is 26.4 Å². The van der Waals surface area contributed by atoms with Crippen LogP contribution in [0.15, 0.2) is 0 Å². The molecular formula is C86H168O17P2. The smallest absolute Gasteiger partial charge is 0.462 e. The van der Waals surface area contributed by atoms with Crippen molar-refractivity contribution in [2.24, 2.45) is 5.92 Å². The molecule has 3 N–H and O–H groups in total. The molecule has 0 spiro atoms. The van der Waals surface area contributed by atoms with Crippen LogP contribution < -0.4 is 0 Å². The Labute approximate surface area is 645 Å². The Hall–Kier alpha value is -1.94. The Kier molecular flexibility index (Phi) is 77.3. The first-order chi connectivity index (χ1) is 51.1. The molecule has 17 nitrogen and oxygen atoms in total. The maximum Gasteiger partial charge on any atom is 0.472 e. The van der Waals surface area contributed by atoms with Gasteiger partial charge in [-0.3, -0.25) is 37.3 Å². The van der Waals surface area contributed by atoms with Crippen LogP contribution in [0.25, 0.3) is 0 Å². The lowest BCUT2D eigenvalue weighted by molar-refractivity contribution is -0.161. The SMILES string of the molecule is CCCCCCCCCCCCCCCCCCCCCC(=O)OC[C@H](COP(=O)(O)OC[C@@H](O)COP(=O)(O)OC[C@@H](COC(=O)CCCCCCCCCCC)OC(=O)CCCCCCCCCCCCCCCCC)OC(=O)CCCCCCCCCCCCCCCCCCCCC(C)CC. The van der Waals surface area contributed by atoms with E-state index in [1.165, 1.54) is 289 Å². The number of phosphoric acid groups is 2. The van der Waals surface area contributed by atoms with Gasteiger partial charge in [0.1, 0.15) is 19.3 Å². The highest BCUT2D eigenvalue weighted by molar-refractivity contribution is 7.47. The Morgan fingerprint density at radius 1 is 0.267 bits per heavy atom. The van der Waals surface area contributed by atoms with Crippen LogP contribution in [0.3, 0.4) is 0 Å². The van der Waals surface area contributed by atoms with E-state index in [4.69, 9.17) is 37.0 Å². The monoisotopic (exact) mass is 1540 g/mol. The maximum absolute atomic E-state index is 13.1. The Morgan fingerprint density at radius 2 is 0.457 bits per heavy atom. The second-order valence-corrected chi connectivity index (χ2v) is 34.1. The molecule has 0 rings (SSSR count). The topological polar surface area (TPSA) is 237 Å². The van der Waals surface area contributed by atoms with E-state index in [2.05, 4.69) is 34.6 Å². The summed E-state index contributed by atoms with van der Waals surface area (Å²) >= 11 is 0. The number of ether oxygens (including phenoxy) is 4. The largest absolute Gasteiger partial charge is 0.472 e. The number of hydrogen-bond donors (Lipinski definition) is 3. The number of aliphatic hydroxyl groups is 1. The van der Waals surface area contributed by atoms with Gasteiger partial charge in [-0.1, -0.05) is 413 Å². The van der Waals surface area contributed by atoms with Crippen molar-refractivity contribution in [2.45, 2.75) is 483 Å². The van der Waals surface area contributed by atoms with E-state index in [0.717, 1.165) is 95.8 Å². The molecular weight excluding hydrogens is 1370 g/mol. The first-order valence-corrected chi connectivity index (χ1v) is 47.7. The lowest BCUT2D eigenvalue weighted by Gasteiger charge is -2.21. The van der Waals surface area contributed by atoms with E-state index < -0.39 is 97.5 Å². The van der Waals surface area contributed by atoms with E-state index in [-0.39, 0.29) is 25.7 Å². The summed E-state index contributed by atoms with van der Waals surface area (Å²) < 4.78 is 68.8. The first-order valence-electron chi connectivity index (χ1n) is 44.7. The van der Waals surface area contributed by atoms with Gasteiger partial charge >= 0.3 is 39.5 Å². The second kappa shape index (κ2) is 78.7. The van der Waals surface area contributed by atoms with Gasteiger partial charge in [-0.2, -0.15) is 0 Å². The molecule has 0 aliphatic carbocycles. The summed E-state index contributed by atoms with van der Waals surface area (Å²) in [7, 11) is -9.92. The summed E-state index contributed by atoms with van der Waals surface area (Å²) in [5.74, 6) is -1.23. The average Bonchev–Trinajstić information content (AvgIpc) is 0.996. The zero-order chi connectivity index (χ0) is 76.9. The lowest BCUT2D eigenvalue weighted by atomic mass is 9.99. The van der Waals surface area contributed by atoms with Gasteiger partial charge < -0.3 is 33.8 Å². The van der Waals surface area contributed by atoms with Gasteiger partial charge in [0, 0.05) is 25.7 Å². The number of hydrogen-bond acceptors (Lipinski definition) is 15. The van der Waals surface area contributed by atoms with Crippen molar-refractivity contribution in [2.75, 3.05) is 39.6 Å². The zero-order valence-electron chi connectivity index (χ0n) is 68.9. The summed E-state index contributed by atoms with van der Waals surface area (Å²) in [6.45, 7) is 7.42. The predicted molar refractivity (Wildman–Crippen MR) is 432 cm³/mol. The van der Waals surface area contributed by atoms with Crippen LogP contribution >= 0.6 is 15.6 Å². The molecule has 0 aliphatic heterocycles. The number of aliphatic hydroxyl groups excluding tert-OH is 1. The fourth-order valence-electron chi connectivity index (χ4n) is 13.4. The van der Waals surface area contributed by atoms with Crippen LogP contribution in [0.2, 0.25) is 0 Å². The molecule has 0 aromatic heterocycles. The van der Waals surface area contributed by atoms with E-state index in [1.807, 2.05) is 0 Å². The van der Waals surface area contributed by atoms with Crippen LogP contribution in [-0.2, 0) is 65.4 Å². The van der Waals surface area contributed by atoms with Crippen molar-refractivity contribution in [3.05, 3.63) is 0 Å². The lowest BCUT2D eigenvalue weighted by Crippen LogP contribution is -2.30. The molecule has 0 radical (unpaired) electrons. The molecule has 0 bridgehead atoms. The average molecular weight is 1540 g/mol. The standard InChI is InChI=1S/C86H168O17P2/c1-6-10-13-16-19-22-24-26-28-29-30-34-38-41-45-50-55-60-65-70-84(89)97-76-82(103-86(91)72-67-62-57-52-47-43-39-35-32-31-33-37-40-44-49-53-58-63-68-79(5)9-4)78-101-105(94,95)99-74-80(87)73-98-104(92,93)100-77-81(75-96-83(88)69-64-59-54-48-21-18-15-12-8-3)102-85(90)71-66-61-56-51-46-42-36-27-25-23-20-17-14-11-7-2/h79-82,87H,6-78H2,1-5H3,(H,92,93)(H,94,95)/t79?,80-,81+,82+/m0/s1. The molecule has 0 fully saturated rings. The van der Waals surface area contributed by atoms with Gasteiger partial charge in [0.2, 0.25) is 0 Å². The molecule has 3 unspecified atom stereocenters. The van der Waals surface area contributed by atoms with Gasteiger partial charge in [0.15, 0.2) is 12.2 Å². The van der Waals surface area contributed by atoms with Gasteiger partial charge in [-0.05, 0) is 31.6 Å². The molecule has 0 aromatic carbocycles. The van der Waals surface area contributed by atoms with Gasteiger partial charge in [-0.15, -0.1) is 0 Å². The number of carbonyl (C=O) groups excluding carboxylic acids is 4. The molecule has 0 amide bonds. The van der Waals surface area contributed by atoms with Crippen LogP contribution in [0.1, 0.15) is 465 Å². The molecule has 19 heteroatoms. The third-order valence-electron chi connectivity index (χ3n) is 20.6. The summed E-state index contributed by atoms with van der Waals surface area (Å²) in [5, 5.41) is 10.7. The molecule has 0 saturated carbocycles. The van der Waals surface area contributed by atoms with Crippen LogP contribution in [0.5, 0.6) is 0 Å². The number of unbranched alkanes of at least 4 members (excludes halogenated alkanes) is 57. The Morgan fingerprint density at radius 3 is 0.676 bits per heavy atom. The minimum Gasteiger partial charge on any atom is -0.462 e. The van der Waals surface area contributed by atoms with Gasteiger partial charge in [-0.25, -0.2) is 9.13 Å².